The molecule has 2 aliphatic carbocycles. The number of aromatic nitrogens is 3. The number of hydrogen-bond acceptors (Lipinski definition) is 5. The molecular weight excluding hydrogens is 338 g/mol. The zero-order valence-electron chi connectivity index (χ0n) is 14.3. The van der Waals surface area contributed by atoms with Crippen molar-refractivity contribution in [3.8, 4) is 0 Å². The molecule has 2 saturated carbocycles. The minimum Gasteiger partial charge on any atom is -0.356 e. The van der Waals surface area contributed by atoms with Crippen molar-refractivity contribution in [3.05, 3.63) is 18.6 Å². The average molecular weight is 361 g/mol. The van der Waals surface area contributed by atoms with Crippen molar-refractivity contribution in [3.63, 3.8) is 0 Å². The lowest BCUT2D eigenvalue weighted by Gasteiger charge is -2.27. The van der Waals surface area contributed by atoms with Crippen LogP contribution in [0.5, 0.6) is 0 Å². The Labute approximate surface area is 147 Å². The van der Waals surface area contributed by atoms with E-state index in [1.807, 2.05) is 12.3 Å². The summed E-state index contributed by atoms with van der Waals surface area (Å²) in [6, 6.07) is 2.43. The van der Waals surface area contributed by atoms with Crippen LogP contribution in [0.4, 0.5) is 5.82 Å². The van der Waals surface area contributed by atoms with Crippen LogP contribution < -0.4 is 4.90 Å². The van der Waals surface area contributed by atoms with Gasteiger partial charge in [-0.1, -0.05) is 0 Å². The normalized spacial score (nSPS) is 30.0. The second kappa shape index (κ2) is 5.41. The van der Waals surface area contributed by atoms with E-state index in [0.29, 0.717) is 31.0 Å². The van der Waals surface area contributed by atoms with Gasteiger partial charge in [-0.25, -0.2) is 22.7 Å². The quantitative estimate of drug-likeness (QED) is 0.894. The molecule has 25 heavy (non-hydrogen) atoms. The molecule has 3 atom stereocenters. The predicted molar refractivity (Wildman–Crippen MR) is 95.8 cm³/mol. The van der Waals surface area contributed by atoms with Crippen LogP contribution >= 0.6 is 0 Å². The van der Waals surface area contributed by atoms with Gasteiger partial charge >= 0.3 is 0 Å². The van der Waals surface area contributed by atoms with E-state index >= 15 is 0 Å². The Kier molecular flexibility index (Phi) is 3.37. The summed E-state index contributed by atoms with van der Waals surface area (Å²) in [6.45, 7) is 1.41. The zero-order chi connectivity index (χ0) is 17.2. The molecule has 0 bridgehead atoms. The standard InChI is InChI=1S/C17H23N5O2S/c1-21(17-15-4-5-18-16(15)19-10-20-17)13-6-11-8-22(9-12(11)7-13)25(23,24)14-2-3-14/h4-5,10-14H,2-3,6-9H2,1H3,(H,18,19,20)/t11-,12+,13-. The first-order valence-corrected chi connectivity index (χ1v) is 10.5. The molecule has 1 saturated heterocycles. The maximum atomic E-state index is 12.5. The van der Waals surface area contributed by atoms with Gasteiger partial charge in [0.2, 0.25) is 10.0 Å². The molecule has 134 valence electrons. The van der Waals surface area contributed by atoms with Crippen LogP contribution in [0.15, 0.2) is 18.6 Å². The fourth-order valence-corrected chi connectivity index (χ4v) is 6.59. The Balaban J connectivity index is 1.32. The van der Waals surface area contributed by atoms with Gasteiger partial charge in [-0.05, 0) is 43.6 Å². The van der Waals surface area contributed by atoms with Crippen LogP contribution in [0.2, 0.25) is 0 Å². The van der Waals surface area contributed by atoms with Gasteiger partial charge in [-0.3, -0.25) is 0 Å². The van der Waals surface area contributed by atoms with Crippen molar-refractivity contribution in [2.24, 2.45) is 11.8 Å². The highest BCUT2D eigenvalue weighted by Crippen LogP contribution is 2.44. The third-order valence-electron chi connectivity index (χ3n) is 6.21. The maximum absolute atomic E-state index is 12.5. The SMILES string of the molecule is CN(c1ncnc2[nH]ccc12)[C@@H]1C[C@@H]2CN(S(=O)(=O)C3CC3)C[C@@H]2C1. The van der Waals surface area contributed by atoms with E-state index in [2.05, 4.69) is 26.9 Å². The van der Waals surface area contributed by atoms with Crippen LogP contribution in [0, 0.1) is 11.8 Å². The molecule has 3 aliphatic rings. The summed E-state index contributed by atoms with van der Waals surface area (Å²) >= 11 is 0. The summed E-state index contributed by atoms with van der Waals surface area (Å²) < 4.78 is 26.7. The number of fused-ring (bicyclic) bond motifs is 2. The molecule has 1 N–H and O–H groups in total. The van der Waals surface area contributed by atoms with E-state index in [1.165, 1.54) is 0 Å². The van der Waals surface area contributed by atoms with Crippen molar-refractivity contribution in [2.45, 2.75) is 37.0 Å². The Morgan fingerprint density at radius 3 is 2.60 bits per heavy atom. The highest BCUT2D eigenvalue weighted by molar-refractivity contribution is 7.90. The molecule has 8 heteroatoms. The van der Waals surface area contributed by atoms with Crippen LogP contribution in [0.25, 0.3) is 11.0 Å². The Morgan fingerprint density at radius 1 is 1.20 bits per heavy atom. The van der Waals surface area contributed by atoms with Gasteiger partial charge < -0.3 is 9.88 Å². The topological polar surface area (TPSA) is 82.2 Å². The lowest BCUT2D eigenvalue weighted by molar-refractivity contribution is 0.432. The van der Waals surface area contributed by atoms with Crippen LogP contribution in [0.1, 0.15) is 25.7 Å². The minimum absolute atomic E-state index is 0.0901. The molecule has 3 heterocycles. The summed E-state index contributed by atoms with van der Waals surface area (Å²) in [4.78, 5) is 14.1. The number of rotatable bonds is 4. The fourth-order valence-electron chi connectivity index (χ4n) is 4.64. The summed E-state index contributed by atoms with van der Waals surface area (Å²) in [5.74, 6) is 1.91. The second-order valence-electron chi connectivity index (χ2n) is 7.75. The molecule has 0 radical (unpaired) electrons. The minimum atomic E-state index is -3.02. The number of aromatic amines is 1. The lowest BCUT2D eigenvalue weighted by atomic mass is 10.0. The van der Waals surface area contributed by atoms with Gasteiger partial charge in [0.25, 0.3) is 0 Å². The highest BCUT2D eigenvalue weighted by Gasteiger charge is 2.49. The van der Waals surface area contributed by atoms with Gasteiger partial charge in [0, 0.05) is 32.4 Å². The summed E-state index contributed by atoms with van der Waals surface area (Å²) in [7, 11) is -0.927. The number of nitrogens with zero attached hydrogens (tertiary/aromatic N) is 4. The molecule has 5 rings (SSSR count). The maximum Gasteiger partial charge on any atom is 0.216 e. The first kappa shape index (κ1) is 15.6. The third-order valence-corrected chi connectivity index (χ3v) is 8.54. The highest BCUT2D eigenvalue weighted by atomic mass is 32.2. The first-order chi connectivity index (χ1) is 12.0. The largest absolute Gasteiger partial charge is 0.356 e. The molecule has 0 spiro atoms. The van der Waals surface area contributed by atoms with Gasteiger partial charge in [0.15, 0.2) is 0 Å². The zero-order valence-corrected chi connectivity index (χ0v) is 15.1. The third kappa shape index (κ3) is 2.45. The monoisotopic (exact) mass is 361 g/mol. The predicted octanol–water partition coefficient (Wildman–Crippen LogP) is 1.60. The van der Waals surface area contributed by atoms with Crippen LogP contribution in [-0.4, -0.2) is 59.1 Å². The number of sulfonamides is 1. The first-order valence-electron chi connectivity index (χ1n) is 9.04. The van der Waals surface area contributed by atoms with Crippen LogP contribution in [-0.2, 0) is 10.0 Å². The van der Waals surface area contributed by atoms with Crippen molar-refractivity contribution >= 4 is 26.9 Å². The second-order valence-corrected chi connectivity index (χ2v) is 9.97. The summed E-state index contributed by atoms with van der Waals surface area (Å²) in [6.07, 6.45) is 7.26. The summed E-state index contributed by atoms with van der Waals surface area (Å²) in [5.41, 5.74) is 0.858. The molecule has 0 unspecified atom stereocenters. The van der Waals surface area contributed by atoms with Gasteiger partial charge in [0.1, 0.15) is 17.8 Å². The summed E-state index contributed by atoms with van der Waals surface area (Å²) in [5, 5.41) is 0.952. The number of H-pyrrole nitrogens is 1. The molecule has 3 fully saturated rings. The molecule has 7 nitrogen and oxygen atoms in total. The van der Waals surface area contributed by atoms with E-state index in [4.69, 9.17) is 0 Å². The van der Waals surface area contributed by atoms with Gasteiger partial charge in [0.05, 0.1) is 10.6 Å². The smallest absolute Gasteiger partial charge is 0.216 e. The van der Waals surface area contributed by atoms with Gasteiger partial charge in [-0.2, -0.15) is 0 Å². The Hall–Kier alpha value is -1.67. The molecule has 2 aromatic rings. The van der Waals surface area contributed by atoms with Crippen LogP contribution in [0.3, 0.4) is 0 Å². The van der Waals surface area contributed by atoms with E-state index in [0.717, 1.165) is 42.5 Å². The molecule has 0 aromatic carbocycles. The van der Waals surface area contributed by atoms with Crippen molar-refractivity contribution < 1.29 is 8.42 Å². The Bertz CT molecular complexity index is 893. The van der Waals surface area contributed by atoms with Crippen molar-refractivity contribution in [1.82, 2.24) is 19.3 Å². The fraction of sp³-hybridized carbons (Fsp3) is 0.647. The number of hydrogen-bond donors (Lipinski definition) is 1. The molecule has 0 amide bonds. The molecule has 1 aliphatic heterocycles. The average Bonchev–Trinajstić information content (AvgIpc) is 3.03. The number of anilines is 1. The van der Waals surface area contributed by atoms with Crippen molar-refractivity contribution in [2.75, 3.05) is 25.0 Å². The van der Waals surface area contributed by atoms with Gasteiger partial charge in [-0.15, -0.1) is 0 Å². The molecule has 2 aromatic heterocycles. The van der Waals surface area contributed by atoms with E-state index in [9.17, 15) is 8.42 Å². The lowest BCUT2D eigenvalue weighted by Crippen LogP contribution is -2.35. The van der Waals surface area contributed by atoms with E-state index < -0.39 is 10.0 Å². The van der Waals surface area contributed by atoms with E-state index in [1.54, 1.807) is 10.6 Å². The Morgan fingerprint density at radius 2 is 1.92 bits per heavy atom. The van der Waals surface area contributed by atoms with Crippen molar-refractivity contribution in [1.29, 1.82) is 0 Å². The van der Waals surface area contributed by atoms with E-state index in [-0.39, 0.29) is 5.25 Å². The number of nitrogens with one attached hydrogen (secondary N) is 1. The molecular formula is C17H23N5O2S.